The normalized spacial score (nSPS) is 17.8. The fourth-order valence-electron chi connectivity index (χ4n) is 4.89. The van der Waals surface area contributed by atoms with Crippen molar-refractivity contribution in [3.05, 3.63) is 82.3 Å². The van der Waals surface area contributed by atoms with Crippen LogP contribution in [0.15, 0.2) is 48.5 Å². The highest BCUT2D eigenvalue weighted by Crippen LogP contribution is 2.42. The quantitative estimate of drug-likeness (QED) is 0.417. The highest BCUT2D eigenvalue weighted by molar-refractivity contribution is 6.05. The number of benzene rings is 2. The first-order valence-corrected chi connectivity index (χ1v) is 12.6. The lowest BCUT2D eigenvalue weighted by atomic mass is 9.81. The van der Waals surface area contributed by atoms with Crippen LogP contribution in [-0.2, 0) is 17.5 Å². The molecule has 0 bridgehead atoms. The van der Waals surface area contributed by atoms with Gasteiger partial charge in [-0.1, -0.05) is 18.2 Å². The summed E-state index contributed by atoms with van der Waals surface area (Å²) in [4.78, 5) is 28.6. The maximum Gasteiger partial charge on any atom is 0.416 e. The van der Waals surface area contributed by atoms with Gasteiger partial charge in [0.1, 0.15) is 17.7 Å². The predicted octanol–water partition coefficient (Wildman–Crippen LogP) is 4.81. The van der Waals surface area contributed by atoms with Gasteiger partial charge in [-0.25, -0.2) is 9.07 Å². The van der Waals surface area contributed by atoms with Crippen LogP contribution in [0.1, 0.15) is 65.9 Å². The molecule has 7 nitrogen and oxygen atoms in total. The molecule has 208 valence electrons. The maximum atomic E-state index is 13.9. The van der Waals surface area contributed by atoms with Crippen molar-refractivity contribution in [3.63, 3.8) is 0 Å². The Morgan fingerprint density at radius 3 is 2.38 bits per heavy atom. The van der Waals surface area contributed by atoms with E-state index >= 15 is 0 Å². The number of likely N-dealkylation sites (N-methyl/N-ethyl adjacent to an activating group) is 1. The Morgan fingerprint density at radius 2 is 1.79 bits per heavy atom. The lowest BCUT2D eigenvalue weighted by Crippen LogP contribution is -2.55. The van der Waals surface area contributed by atoms with Gasteiger partial charge in [-0.3, -0.25) is 14.5 Å². The molecule has 0 spiro atoms. The molecule has 4 rings (SSSR count). The topological polar surface area (TPSA) is 87.5 Å². The Kier molecular flexibility index (Phi) is 7.57. The second-order valence-electron chi connectivity index (χ2n) is 10.2. The van der Waals surface area contributed by atoms with Crippen LogP contribution >= 0.6 is 0 Å². The number of aryl methyl sites for hydroxylation is 2. The molecule has 2 aromatic carbocycles. The van der Waals surface area contributed by atoms with Gasteiger partial charge in [0.25, 0.3) is 11.8 Å². The number of halogens is 4. The molecule has 1 aliphatic rings. The summed E-state index contributed by atoms with van der Waals surface area (Å²) in [7, 11) is 0. The molecule has 0 fully saturated rings. The van der Waals surface area contributed by atoms with Crippen LogP contribution in [0.2, 0.25) is 0 Å². The molecule has 3 aromatic rings. The zero-order chi connectivity index (χ0) is 28.7. The number of aliphatic hydroxyl groups is 1. The van der Waals surface area contributed by atoms with E-state index in [9.17, 15) is 32.3 Å². The minimum atomic E-state index is -4.64. The van der Waals surface area contributed by atoms with Crippen LogP contribution in [0.4, 0.5) is 23.4 Å². The van der Waals surface area contributed by atoms with Gasteiger partial charge in [-0.2, -0.15) is 18.3 Å². The third-order valence-corrected chi connectivity index (χ3v) is 6.80. The fourth-order valence-corrected chi connectivity index (χ4v) is 4.89. The average molecular weight is 547 g/mol. The summed E-state index contributed by atoms with van der Waals surface area (Å²) in [5.74, 6) is -2.11. The van der Waals surface area contributed by atoms with E-state index in [1.807, 2.05) is 0 Å². The molecule has 39 heavy (non-hydrogen) atoms. The molecule has 11 heteroatoms. The Bertz CT molecular complexity index is 1380. The van der Waals surface area contributed by atoms with Crippen LogP contribution in [0.25, 0.3) is 0 Å². The first-order valence-electron chi connectivity index (χ1n) is 12.6. The monoisotopic (exact) mass is 546 g/mol. The van der Waals surface area contributed by atoms with E-state index in [0.717, 1.165) is 18.2 Å². The Balaban J connectivity index is 1.82. The molecule has 0 unspecified atom stereocenters. The van der Waals surface area contributed by atoms with Gasteiger partial charge in [0.05, 0.1) is 16.9 Å². The molecule has 2 heterocycles. The van der Waals surface area contributed by atoms with E-state index in [-0.39, 0.29) is 12.1 Å². The van der Waals surface area contributed by atoms with E-state index in [2.05, 4.69) is 10.4 Å². The van der Waals surface area contributed by atoms with Crippen molar-refractivity contribution in [2.45, 2.75) is 64.4 Å². The predicted molar refractivity (Wildman–Crippen MR) is 137 cm³/mol. The van der Waals surface area contributed by atoms with Crippen LogP contribution in [0.5, 0.6) is 0 Å². The van der Waals surface area contributed by atoms with Crippen molar-refractivity contribution in [3.8, 4) is 0 Å². The van der Waals surface area contributed by atoms with E-state index in [1.54, 1.807) is 32.4 Å². The molecule has 0 aliphatic carbocycles. The number of hydrogen-bond donors (Lipinski definition) is 2. The molecule has 1 aromatic heterocycles. The van der Waals surface area contributed by atoms with Crippen molar-refractivity contribution >= 4 is 17.6 Å². The largest absolute Gasteiger partial charge is 0.416 e. The Labute approximate surface area is 223 Å². The third-order valence-electron chi connectivity index (χ3n) is 6.80. The van der Waals surface area contributed by atoms with Crippen LogP contribution < -0.4 is 10.2 Å². The number of amides is 2. The summed E-state index contributed by atoms with van der Waals surface area (Å²) in [6.45, 7) is 7.38. The van der Waals surface area contributed by atoms with Crippen molar-refractivity contribution in [2.24, 2.45) is 0 Å². The molecular formula is C28H30F4N4O3. The number of nitrogens with zero attached hydrogens (tertiary/aromatic N) is 3. The number of carbonyl (C=O) groups is 2. The summed E-state index contributed by atoms with van der Waals surface area (Å²) in [5.41, 5.74) is -0.488. The van der Waals surface area contributed by atoms with Gasteiger partial charge in [-0.15, -0.1) is 0 Å². The zero-order valence-electron chi connectivity index (χ0n) is 22.0. The Hall–Kier alpha value is -3.73. The van der Waals surface area contributed by atoms with Crippen molar-refractivity contribution < 1.29 is 32.3 Å². The number of rotatable bonds is 7. The summed E-state index contributed by atoms with van der Waals surface area (Å²) in [6.07, 6.45) is -4.29. The molecule has 2 atom stereocenters. The smallest absolute Gasteiger partial charge is 0.390 e. The first kappa shape index (κ1) is 28.3. The SMILES string of the molecule is CCN1C(=O)[C@H](NC(=O)c2cccc(C(F)(F)F)c2)[C@@H](c2ccc(F)cc2)c2c(C)nn(CCC(C)(C)O)c21. The lowest BCUT2D eigenvalue weighted by molar-refractivity contribution is -0.137. The molecule has 0 saturated heterocycles. The first-order chi connectivity index (χ1) is 18.2. The fraction of sp³-hybridized carbons (Fsp3) is 0.393. The highest BCUT2D eigenvalue weighted by atomic mass is 19.4. The van der Waals surface area contributed by atoms with Gasteiger partial charge >= 0.3 is 6.18 Å². The van der Waals surface area contributed by atoms with Crippen LogP contribution in [-0.4, -0.2) is 44.9 Å². The zero-order valence-corrected chi connectivity index (χ0v) is 22.0. The summed E-state index contributed by atoms with van der Waals surface area (Å²) in [6, 6.07) is 8.27. The number of nitrogens with one attached hydrogen (secondary N) is 1. The summed E-state index contributed by atoms with van der Waals surface area (Å²) in [5, 5.41) is 17.6. The third kappa shape index (κ3) is 5.83. The number of anilines is 1. The highest BCUT2D eigenvalue weighted by Gasteiger charge is 2.45. The van der Waals surface area contributed by atoms with E-state index < -0.39 is 46.9 Å². The van der Waals surface area contributed by atoms with Crippen molar-refractivity contribution in [2.75, 3.05) is 11.4 Å². The van der Waals surface area contributed by atoms with Crippen LogP contribution in [0, 0.1) is 12.7 Å². The number of alkyl halides is 3. The number of aromatic nitrogens is 2. The van der Waals surface area contributed by atoms with Gasteiger partial charge < -0.3 is 10.4 Å². The molecule has 2 amide bonds. The standard InChI is InChI=1S/C28H30F4N4O3/c1-5-35-25-21(16(2)34-36(25)14-13-27(3,4)39)22(17-9-11-20(29)12-10-17)23(26(35)38)33-24(37)18-7-6-8-19(15-18)28(30,31)32/h6-12,15,22-23,39H,5,13-14H2,1-4H3,(H,33,37)/t22-,23+/m0/s1. The van der Waals surface area contributed by atoms with Gasteiger partial charge in [-0.05, 0) is 70.0 Å². The lowest BCUT2D eigenvalue weighted by Gasteiger charge is -2.38. The number of hydrogen-bond acceptors (Lipinski definition) is 4. The van der Waals surface area contributed by atoms with E-state index in [1.165, 1.54) is 35.2 Å². The van der Waals surface area contributed by atoms with Crippen molar-refractivity contribution in [1.29, 1.82) is 0 Å². The van der Waals surface area contributed by atoms with Gasteiger partial charge in [0, 0.05) is 30.1 Å². The van der Waals surface area contributed by atoms with E-state index in [0.29, 0.717) is 35.6 Å². The van der Waals surface area contributed by atoms with Crippen molar-refractivity contribution in [1.82, 2.24) is 15.1 Å². The van der Waals surface area contributed by atoms with Gasteiger partial charge in [0.2, 0.25) is 0 Å². The van der Waals surface area contributed by atoms with E-state index in [4.69, 9.17) is 0 Å². The number of carbonyl (C=O) groups excluding carboxylic acids is 2. The summed E-state index contributed by atoms with van der Waals surface area (Å²) >= 11 is 0. The number of fused-ring (bicyclic) bond motifs is 1. The maximum absolute atomic E-state index is 13.9. The molecule has 1 aliphatic heterocycles. The average Bonchev–Trinajstić information content (AvgIpc) is 3.18. The minimum Gasteiger partial charge on any atom is -0.390 e. The van der Waals surface area contributed by atoms with Gasteiger partial charge in [0.15, 0.2) is 0 Å². The summed E-state index contributed by atoms with van der Waals surface area (Å²) < 4.78 is 55.3. The minimum absolute atomic E-state index is 0.228. The second kappa shape index (κ2) is 10.4. The molecule has 0 saturated carbocycles. The second-order valence-corrected chi connectivity index (χ2v) is 10.2. The van der Waals surface area contributed by atoms with Crippen LogP contribution in [0.3, 0.4) is 0 Å². The Morgan fingerprint density at radius 1 is 1.13 bits per heavy atom. The molecule has 0 radical (unpaired) electrons. The molecular weight excluding hydrogens is 516 g/mol. The molecule has 2 N–H and O–H groups in total.